The highest BCUT2D eigenvalue weighted by Crippen LogP contribution is 2.38. The fourth-order valence-electron chi connectivity index (χ4n) is 4.97. The van der Waals surface area contributed by atoms with Crippen molar-refractivity contribution >= 4 is 29.0 Å². The van der Waals surface area contributed by atoms with Crippen LogP contribution >= 0.6 is 0 Å². The lowest BCUT2D eigenvalue weighted by atomic mass is 9.98. The molecule has 5 rings (SSSR count). The average molecular weight is 486 g/mol. The summed E-state index contributed by atoms with van der Waals surface area (Å²) in [6.45, 7) is 0.563. The van der Waals surface area contributed by atoms with Gasteiger partial charge in [-0.25, -0.2) is 4.79 Å². The summed E-state index contributed by atoms with van der Waals surface area (Å²) in [5.41, 5.74) is 3.15. The molecule has 1 saturated heterocycles. The van der Waals surface area contributed by atoms with E-state index in [0.717, 1.165) is 35.6 Å². The molecule has 7 heteroatoms. The van der Waals surface area contributed by atoms with E-state index in [1.54, 1.807) is 12.0 Å². The standard InChI is InChI=1S/C29H31N3O4/c1-35-26-15-14-20(16-27(26)36-25-12-5-6-13-25)21-17-28(33)32(19-21)24-11-7-10-23(18-24)31-29(34)30-22-8-3-2-4-9-22/h2-4,7-11,14-16,18,21,25H,5-6,12-13,17,19H2,1H3,(H2,30,31,34)/t21-/m0/s1. The molecule has 0 aromatic heterocycles. The lowest BCUT2D eigenvalue weighted by Crippen LogP contribution is -2.25. The van der Waals surface area contributed by atoms with Crippen molar-refractivity contribution in [1.82, 2.24) is 0 Å². The maximum Gasteiger partial charge on any atom is 0.323 e. The van der Waals surface area contributed by atoms with Gasteiger partial charge in [-0.15, -0.1) is 0 Å². The molecule has 1 aliphatic carbocycles. The molecule has 0 bridgehead atoms. The van der Waals surface area contributed by atoms with Crippen LogP contribution in [0.3, 0.4) is 0 Å². The smallest absolute Gasteiger partial charge is 0.323 e. The van der Waals surface area contributed by atoms with Crippen LogP contribution in [0.1, 0.15) is 43.6 Å². The molecule has 0 radical (unpaired) electrons. The van der Waals surface area contributed by atoms with Crippen LogP contribution < -0.4 is 25.0 Å². The van der Waals surface area contributed by atoms with Gasteiger partial charge in [0.1, 0.15) is 0 Å². The normalized spacial score (nSPS) is 17.8. The molecule has 1 heterocycles. The molecule has 1 saturated carbocycles. The maximum absolute atomic E-state index is 13.0. The minimum absolute atomic E-state index is 0.0485. The second-order valence-electron chi connectivity index (χ2n) is 9.34. The number of amides is 3. The SMILES string of the molecule is COc1ccc([C@H]2CC(=O)N(c3cccc(NC(=O)Nc4ccccc4)c3)C2)cc1OC1CCCC1. The summed E-state index contributed by atoms with van der Waals surface area (Å²) in [6, 6.07) is 22.3. The van der Waals surface area contributed by atoms with Crippen LogP contribution in [0.15, 0.2) is 72.8 Å². The number of nitrogens with zero attached hydrogens (tertiary/aromatic N) is 1. The van der Waals surface area contributed by atoms with E-state index in [9.17, 15) is 9.59 Å². The third-order valence-corrected chi connectivity index (χ3v) is 6.83. The molecular formula is C29H31N3O4. The van der Waals surface area contributed by atoms with Crippen molar-refractivity contribution in [3.63, 3.8) is 0 Å². The first-order valence-electron chi connectivity index (χ1n) is 12.5. The van der Waals surface area contributed by atoms with Gasteiger partial charge in [-0.2, -0.15) is 0 Å². The van der Waals surface area contributed by atoms with Gasteiger partial charge in [0, 0.05) is 35.9 Å². The van der Waals surface area contributed by atoms with Gasteiger partial charge in [0.05, 0.1) is 13.2 Å². The van der Waals surface area contributed by atoms with Crippen molar-refractivity contribution in [1.29, 1.82) is 0 Å². The highest BCUT2D eigenvalue weighted by atomic mass is 16.5. The van der Waals surface area contributed by atoms with Gasteiger partial charge in [-0.1, -0.05) is 30.3 Å². The third kappa shape index (κ3) is 5.46. The Morgan fingerprint density at radius 3 is 2.42 bits per heavy atom. The van der Waals surface area contributed by atoms with Gasteiger partial charge in [0.25, 0.3) is 0 Å². The molecule has 2 aliphatic rings. The van der Waals surface area contributed by atoms with E-state index in [-0.39, 0.29) is 24.0 Å². The van der Waals surface area contributed by atoms with E-state index in [0.29, 0.717) is 24.3 Å². The molecule has 3 aromatic carbocycles. The number of urea groups is 1. The predicted octanol–water partition coefficient (Wildman–Crippen LogP) is 6.18. The fourth-order valence-corrected chi connectivity index (χ4v) is 4.97. The molecule has 0 spiro atoms. The Labute approximate surface area is 211 Å². The predicted molar refractivity (Wildman–Crippen MR) is 141 cm³/mol. The molecule has 3 aromatic rings. The van der Waals surface area contributed by atoms with E-state index in [2.05, 4.69) is 10.6 Å². The Morgan fingerprint density at radius 1 is 0.889 bits per heavy atom. The molecular weight excluding hydrogens is 454 g/mol. The molecule has 0 unspecified atom stereocenters. The lowest BCUT2D eigenvalue weighted by molar-refractivity contribution is -0.117. The number of rotatable bonds is 7. The Bertz CT molecular complexity index is 1220. The summed E-state index contributed by atoms with van der Waals surface area (Å²) < 4.78 is 11.8. The molecule has 186 valence electrons. The van der Waals surface area contributed by atoms with E-state index >= 15 is 0 Å². The number of carbonyl (C=O) groups is 2. The first-order chi connectivity index (χ1) is 17.6. The zero-order valence-corrected chi connectivity index (χ0v) is 20.4. The van der Waals surface area contributed by atoms with Crippen LogP contribution in [-0.2, 0) is 4.79 Å². The lowest BCUT2D eigenvalue weighted by Gasteiger charge is -2.20. The van der Waals surface area contributed by atoms with Crippen molar-refractivity contribution < 1.29 is 19.1 Å². The van der Waals surface area contributed by atoms with Crippen molar-refractivity contribution in [3.8, 4) is 11.5 Å². The highest BCUT2D eigenvalue weighted by Gasteiger charge is 2.32. The summed E-state index contributed by atoms with van der Waals surface area (Å²) in [7, 11) is 1.65. The third-order valence-electron chi connectivity index (χ3n) is 6.83. The van der Waals surface area contributed by atoms with Gasteiger partial charge in [0.2, 0.25) is 5.91 Å². The first kappa shape index (κ1) is 23.7. The average Bonchev–Trinajstić information content (AvgIpc) is 3.54. The number of nitrogens with one attached hydrogen (secondary N) is 2. The Hall–Kier alpha value is -4.00. The van der Waals surface area contributed by atoms with Gasteiger partial charge in [-0.3, -0.25) is 4.79 Å². The van der Waals surface area contributed by atoms with Crippen molar-refractivity contribution in [2.45, 2.75) is 44.1 Å². The summed E-state index contributed by atoms with van der Waals surface area (Å²) in [5, 5.41) is 5.65. The number of hydrogen-bond acceptors (Lipinski definition) is 4. The van der Waals surface area contributed by atoms with Gasteiger partial charge in [-0.05, 0) is 73.7 Å². The fraction of sp³-hybridized carbons (Fsp3) is 0.310. The Kier molecular flexibility index (Phi) is 7.07. The van der Waals surface area contributed by atoms with Crippen LogP contribution in [0.4, 0.5) is 21.9 Å². The maximum atomic E-state index is 13.0. The zero-order valence-electron chi connectivity index (χ0n) is 20.4. The summed E-state index contributed by atoms with van der Waals surface area (Å²) in [5.74, 6) is 1.58. The molecule has 7 nitrogen and oxygen atoms in total. The highest BCUT2D eigenvalue weighted by molar-refractivity contribution is 6.01. The van der Waals surface area contributed by atoms with E-state index in [1.807, 2.05) is 72.8 Å². The quantitative estimate of drug-likeness (QED) is 0.419. The summed E-state index contributed by atoms with van der Waals surface area (Å²) in [4.78, 5) is 27.2. The van der Waals surface area contributed by atoms with Gasteiger partial charge >= 0.3 is 6.03 Å². The Morgan fingerprint density at radius 2 is 1.64 bits per heavy atom. The van der Waals surface area contributed by atoms with Gasteiger partial charge in [0.15, 0.2) is 11.5 Å². The molecule has 1 aliphatic heterocycles. The van der Waals surface area contributed by atoms with Crippen LogP contribution in [0, 0.1) is 0 Å². The number of anilines is 3. The number of para-hydroxylation sites is 1. The van der Waals surface area contributed by atoms with E-state index < -0.39 is 0 Å². The summed E-state index contributed by atoms with van der Waals surface area (Å²) >= 11 is 0. The minimum Gasteiger partial charge on any atom is -0.493 e. The summed E-state index contributed by atoms with van der Waals surface area (Å²) in [6.07, 6.45) is 5.17. The number of ether oxygens (including phenoxy) is 2. The zero-order chi connectivity index (χ0) is 24.9. The van der Waals surface area contributed by atoms with Crippen LogP contribution in [-0.4, -0.2) is 31.7 Å². The number of methoxy groups -OCH3 is 1. The number of benzene rings is 3. The second kappa shape index (κ2) is 10.7. The second-order valence-corrected chi connectivity index (χ2v) is 9.34. The monoisotopic (exact) mass is 485 g/mol. The van der Waals surface area contributed by atoms with Crippen molar-refractivity contribution in [3.05, 3.63) is 78.4 Å². The van der Waals surface area contributed by atoms with Crippen LogP contribution in [0.2, 0.25) is 0 Å². The number of hydrogen-bond donors (Lipinski definition) is 2. The molecule has 3 amide bonds. The van der Waals surface area contributed by atoms with Crippen molar-refractivity contribution in [2.75, 3.05) is 29.2 Å². The first-order valence-corrected chi connectivity index (χ1v) is 12.5. The molecule has 1 atom stereocenters. The van der Waals surface area contributed by atoms with Crippen LogP contribution in [0.25, 0.3) is 0 Å². The molecule has 2 N–H and O–H groups in total. The Balaban J connectivity index is 1.27. The largest absolute Gasteiger partial charge is 0.493 e. The van der Waals surface area contributed by atoms with Crippen LogP contribution in [0.5, 0.6) is 11.5 Å². The van der Waals surface area contributed by atoms with Crippen molar-refractivity contribution in [2.24, 2.45) is 0 Å². The van der Waals surface area contributed by atoms with Gasteiger partial charge < -0.3 is 25.0 Å². The van der Waals surface area contributed by atoms with E-state index in [1.165, 1.54) is 12.8 Å². The topological polar surface area (TPSA) is 79.9 Å². The molecule has 2 fully saturated rings. The van der Waals surface area contributed by atoms with E-state index in [4.69, 9.17) is 9.47 Å². The molecule has 36 heavy (non-hydrogen) atoms. The number of carbonyl (C=O) groups excluding carboxylic acids is 2. The minimum atomic E-state index is -0.336.